The third-order valence-corrected chi connectivity index (χ3v) is 6.44. The lowest BCUT2D eigenvalue weighted by molar-refractivity contribution is -0.927. The zero-order valence-corrected chi connectivity index (χ0v) is 16.8. The van der Waals surface area contributed by atoms with E-state index >= 15 is 0 Å². The fraction of sp³-hybridized carbons (Fsp3) is 0.476. The second-order valence-corrected chi connectivity index (χ2v) is 8.26. The second kappa shape index (κ2) is 7.68. The molecule has 1 aliphatic heterocycles. The van der Waals surface area contributed by atoms with Gasteiger partial charge in [-0.3, -0.25) is 0 Å². The van der Waals surface area contributed by atoms with Crippen molar-refractivity contribution in [1.29, 1.82) is 0 Å². The summed E-state index contributed by atoms with van der Waals surface area (Å²) < 4.78 is 1.84. The summed E-state index contributed by atoms with van der Waals surface area (Å²) in [5.74, 6) is 0.917. The summed E-state index contributed by atoms with van der Waals surface area (Å²) in [5.41, 5.74) is 1.74. The van der Waals surface area contributed by atoms with E-state index in [0.717, 1.165) is 41.7 Å². The molecule has 1 saturated carbocycles. The van der Waals surface area contributed by atoms with Gasteiger partial charge in [-0.1, -0.05) is 24.6 Å². The molecule has 3 heterocycles. The maximum Gasteiger partial charge on any atom is 0.226 e. The largest absolute Gasteiger partial charge is 0.345 e. The van der Waals surface area contributed by atoms with Crippen LogP contribution in [0.4, 0.5) is 5.82 Å². The number of hydrogen-bond donors (Lipinski definition) is 1. The molecule has 1 saturated heterocycles. The SMILES string of the molecule is Clc1nc(N2CC[NH+](C3CCCCC3)CC2)c2cnn(-c3ccccc3)c2n1. The first-order chi connectivity index (χ1) is 13.8. The van der Waals surface area contributed by atoms with E-state index in [4.69, 9.17) is 11.6 Å². The number of nitrogens with zero attached hydrogens (tertiary/aromatic N) is 5. The minimum Gasteiger partial charge on any atom is -0.345 e. The summed E-state index contributed by atoms with van der Waals surface area (Å²) in [7, 11) is 0. The van der Waals surface area contributed by atoms with Gasteiger partial charge in [-0.2, -0.15) is 15.1 Å². The van der Waals surface area contributed by atoms with Crippen molar-refractivity contribution in [3.63, 3.8) is 0 Å². The fourth-order valence-electron chi connectivity index (χ4n) is 4.79. The number of piperazine rings is 1. The summed E-state index contributed by atoms with van der Waals surface area (Å²) >= 11 is 6.31. The fourth-order valence-corrected chi connectivity index (χ4v) is 4.95. The molecule has 3 aromatic rings. The molecule has 1 aliphatic carbocycles. The van der Waals surface area contributed by atoms with E-state index < -0.39 is 0 Å². The second-order valence-electron chi connectivity index (χ2n) is 7.93. The highest BCUT2D eigenvalue weighted by atomic mass is 35.5. The number of rotatable bonds is 3. The molecule has 7 heteroatoms. The van der Waals surface area contributed by atoms with Crippen molar-refractivity contribution in [2.75, 3.05) is 31.1 Å². The van der Waals surface area contributed by atoms with E-state index in [-0.39, 0.29) is 5.28 Å². The molecule has 0 unspecified atom stereocenters. The summed E-state index contributed by atoms with van der Waals surface area (Å²) in [4.78, 5) is 13.2. The maximum absolute atomic E-state index is 6.31. The van der Waals surface area contributed by atoms with E-state index in [1.165, 1.54) is 45.2 Å². The van der Waals surface area contributed by atoms with E-state index in [2.05, 4.69) is 20.0 Å². The highest BCUT2D eigenvalue weighted by Gasteiger charge is 2.30. The third-order valence-electron chi connectivity index (χ3n) is 6.27. The van der Waals surface area contributed by atoms with Gasteiger partial charge in [0, 0.05) is 0 Å². The van der Waals surface area contributed by atoms with Crippen molar-refractivity contribution in [3.8, 4) is 5.69 Å². The molecule has 6 nitrogen and oxygen atoms in total. The van der Waals surface area contributed by atoms with Gasteiger partial charge in [0.05, 0.1) is 49.5 Å². The van der Waals surface area contributed by atoms with Gasteiger partial charge in [0.1, 0.15) is 5.82 Å². The summed E-state index contributed by atoms with van der Waals surface area (Å²) in [5, 5.41) is 5.82. The molecule has 146 valence electrons. The number of hydrogen-bond acceptors (Lipinski definition) is 4. The van der Waals surface area contributed by atoms with Gasteiger partial charge < -0.3 is 9.80 Å². The molecule has 5 rings (SSSR count). The standard InChI is InChI=1S/C21H25ClN6/c22-21-24-19(27-13-11-26(12-14-27)16-7-3-1-4-8-16)18-15-23-28(20(18)25-21)17-9-5-2-6-10-17/h2,5-6,9-10,15-16H,1,3-4,7-8,11-14H2/p+1. The van der Waals surface area contributed by atoms with Crippen molar-refractivity contribution in [3.05, 3.63) is 41.8 Å². The Morgan fingerprint density at radius 2 is 1.71 bits per heavy atom. The van der Waals surface area contributed by atoms with Gasteiger partial charge in [0.15, 0.2) is 5.65 Å². The van der Waals surface area contributed by atoms with Crippen LogP contribution in [0.2, 0.25) is 5.28 Å². The van der Waals surface area contributed by atoms with Crippen LogP contribution in [0.15, 0.2) is 36.5 Å². The summed E-state index contributed by atoms with van der Waals surface area (Å²) in [6.45, 7) is 4.34. The highest BCUT2D eigenvalue weighted by Crippen LogP contribution is 2.27. The Labute approximate surface area is 170 Å². The van der Waals surface area contributed by atoms with E-state index in [1.54, 1.807) is 4.90 Å². The molecule has 28 heavy (non-hydrogen) atoms. The number of anilines is 1. The zero-order valence-electron chi connectivity index (χ0n) is 16.0. The number of para-hydroxylation sites is 1. The Balaban J connectivity index is 1.41. The van der Waals surface area contributed by atoms with Crippen LogP contribution < -0.4 is 9.80 Å². The normalized spacial score (nSPS) is 19.4. The lowest BCUT2D eigenvalue weighted by atomic mass is 9.94. The monoisotopic (exact) mass is 397 g/mol. The van der Waals surface area contributed by atoms with Crippen LogP contribution in [0.5, 0.6) is 0 Å². The van der Waals surface area contributed by atoms with Crippen LogP contribution in [-0.2, 0) is 0 Å². The quantitative estimate of drug-likeness (QED) is 0.690. The first-order valence-corrected chi connectivity index (χ1v) is 10.7. The van der Waals surface area contributed by atoms with Crippen LogP contribution >= 0.6 is 11.6 Å². The van der Waals surface area contributed by atoms with Crippen LogP contribution in [-0.4, -0.2) is 52.0 Å². The van der Waals surface area contributed by atoms with Crippen LogP contribution in [0.1, 0.15) is 32.1 Å². The number of quaternary nitrogens is 1. The molecule has 2 aliphatic rings. The van der Waals surface area contributed by atoms with Crippen molar-refractivity contribution in [1.82, 2.24) is 19.7 Å². The summed E-state index contributed by atoms with van der Waals surface area (Å²) in [6.07, 6.45) is 8.87. The van der Waals surface area contributed by atoms with Crippen molar-refractivity contribution < 1.29 is 4.90 Å². The van der Waals surface area contributed by atoms with E-state index in [9.17, 15) is 0 Å². The van der Waals surface area contributed by atoms with Gasteiger partial charge in [0.2, 0.25) is 5.28 Å². The topological polar surface area (TPSA) is 51.3 Å². The Morgan fingerprint density at radius 1 is 0.964 bits per heavy atom. The predicted molar refractivity (Wildman–Crippen MR) is 111 cm³/mol. The molecule has 2 aromatic heterocycles. The predicted octanol–water partition coefficient (Wildman–Crippen LogP) is 2.51. The van der Waals surface area contributed by atoms with Crippen LogP contribution in [0, 0.1) is 0 Å². The van der Waals surface area contributed by atoms with Gasteiger partial charge in [-0.05, 0) is 49.4 Å². The highest BCUT2D eigenvalue weighted by molar-refractivity contribution is 6.28. The molecular formula is C21H26ClN6+. The first-order valence-electron chi connectivity index (χ1n) is 10.4. The molecule has 0 radical (unpaired) electrons. The van der Waals surface area contributed by atoms with E-state index in [0.29, 0.717) is 0 Å². The minimum atomic E-state index is 0.280. The average molecular weight is 398 g/mol. The Kier molecular flexibility index (Phi) is 4.91. The molecule has 0 amide bonds. The minimum absolute atomic E-state index is 0.280. The van der Waals surface area contributed by atoms with Crippen molar-refractivity contribution in [2.45, 2.75) is 38.1 Å². The molecular weight excluding hydrogens is 372 g/mol. The van der Waals surface area contributed by atoms with Crippen LogP contribution in [0.25, 0.3) is 16.7 Å². The first kappa shape index (κ1) is 17.9. The smallest absolute Gasteiger partial charge is 0.226 e. The van der Waals surface area contributed by atoms with Gasteiger partial charge in [-0.15, -0.1) is 0 Å². The van der Waals surface area contributed by atoms with Gasteiger partial charge in [0.25, 0.3) is 0 Å². The lowest BCUT2D eigenvalue weighted by Gasteiger charge is -2.38. The van der Waals surface area contributed by atoms with E-state index in [1.807, 2.05) is 41.2 Å². The zero-order chi connectivity index (χ0) is 18.9. The molecule has 0 spiro atoms. The molecule has 1 N–H and O–H groups in total. The van der Waals surface area contributed by atoms with Gasteiger partial charge >= 0.3 is 0 Å². The Morgan fingerprint density at radius 3 is 2.46 bits per heavy atom. The van der Waals surface area contributed by atoms with Gasteiger partial charge in [-0.25, -0.2) is 4.68 Å². The molecule has 2 fully saturated rings. The Bertz CT molecular complexity index is 942. The number of aromatic nitrogens is 4. The summed E-state index contributed by atoms with van der Waals surface area (Å²) in [6, 6.07) is 10.9. The lowest BCUT2D eigenvalue weighted by Crippen LogP contribution is -3.18. The van der Waals surface area contributed by atoms with Crippen molar-refractivity contribution in [2.24, 2.45) is 0 Å². The maximum atomic E-state index is 6.31. The number of fused-ring (bicyclic) bond motifs is 1. The van der Waals surface area contributed by atoms with Crippen LogP contribution in [0.3, 0.4) is 0 Å². The Hall–Kier alpha value is -2.18. The molecule has 0 atom stereocenters. The number of halogens is 1. The third kappa shape index (κ3) is 3.35. The number of benzene rings is 1. The average Bonchev–Trinajstić information content (AvgIpc) is 3.18. The number of nitrogens with one attached hydrogen (secondary N) is 1. The molecule has 0 bridgehead atoms. The molecule has 1 aromatic carbocycles. The van der Waals surface area contributed by atoms with Crippen molar-refractivity contribution >= 4 is 28.5 Å².